The summed E-state index contributed by atoms with van der Waals surface area (Å²) in [5, 5.41) is 12.7. The molecule has 1 heterocycles. The fourth-order valence-electron chi connectivity index (χ4n) is 3.36. The average molecular weight is 435 g/mol. The lowest BCUT2D eigenvalue weighted by Crippen LogP contribution is -2.28. The number of amides is 1. The molecule has 0 aliphatic carbocycles. The van der Waals surface area contributed by atoms with Gasteiger partial charge in [0, 0.05) is 19.5 Å². The number of hydrogen-bond donors (Lipinski definition) is 2. The summed E-state index contributed by atoms with van der Waals surface area (Å²) >= 11 is 0. The quantitative estimate of drug-likeness (QED) is 0.619. The number of ether oxygens (including phenoxy) is 2. The molecular formula is C21H26N2O6S. The molecule has 0 saturated carbocycles. The van der Waals surface area contributed by atoms with Gasteiger partial charge < -0.3 is 19.9 Å². The van der Waals surface area contributed by atoms with E-state index in [-0.39, 0.29) is 28.7 Å². The minimum absolute atomic E-state index is 0.0531. The molecule has 162 valence electrons. The van der Waals surface area contributed by atoms with E-state index in [2.05, 4.69) is 5.32 Å². The lowest BCUT2D eigenvalue weighted by molar-refractivity contribution is -0.116. The maximum Gasteiger partial charge on any atom is 0.243 e. The number of anilines is 1. The van der Waals surface area contributed by atoms with E-state index in [0.717, 1.165) is 18.4 Å². The van der Waals surface area contributed by atoms with Crippen molar-refractivity contribution in [2.75, 3.05) is 32.6 Å². The average Bonchev–Trinajstić information content (AvgIpc) is 3.29. The van der Waals surface area contributed by atoms with Crippen LogP contribution in [0.25, 0.3) is 0 Å². The van der Waals surface area contributed by atoms with Crippen LogP contribution in [0.15, 0.2) is 41.3 Å². The van der Waals surface area contributed by atoms with E-state index >= 15 is 0 Å². The molecule has 0 aromatic heterocycles. The molecule has 1 saturated heterocycles. The highest BCUT2D eigenvalue weighted by Gasteiger charge is 2.27. The zero-order valence-electron chi connectivity index (χ0n) is 17.1. The van der Waals surface area contributed by atoms with Gasteiger partial charge in [0.05, 0.1) is 24.8 Å². The summed E-state index contributed by atoms with van der Waals surface area (Å²) in [5.74, 6) is 0.658. The topological polar surface area (TPSA) is 105 Å². The molecule has 0 radical (unpaired) electrons. The van der Waals surface area contributed by atoms with Crippen LogP contribution in [0.2, 0.25) is 0 Å². The van der Waals surface area contributed by atoms with Gasteiger partial charge in [-0.1, -0.05) is 6.07 Å². The molecule has 1 fully saturated rings. The Morgan fingerprint density at radius 2 is 1.77 bits per heavy atom. The van der Waals surface area contributed by atoms with Gasteiger partial charge in [-0.05, 0) is 55.2 Å². The van der Waals surface area contributed by atoms with E-state index < -0.39 is 10.0 Å². The highest BCUT2D eigenvalue weighted by molar-refractivity contribution is 7.89. The van der Waals surface area contributed by atoms with Crippen molar-refractivity contribution in [1.29, 1.82) is 0 Å². The van der Waals surface area contributed by atoms with Crippen molar-refractivity contribution in [2.45, 2.75) is 30.6 Å². The summed E-state index contributed by atoms with van der Waals surface area (Å²) in [6, 6.07) is 9.35. The summed E-state index contributed by atoms with van der Waals surface area (Å²) in [4.78, 5) is 12.4. The Morgan fingerprint density at radius 1 is 1.07 bits per heavy atom. The van der Waals surface area contributed by atoms with Gasteiger partial charge in [-0.15, -0.1) is 0 Å². The predicted molar refractivity (Wildman–Crippen MR) is 113 cm³/mol. The van der Waals surface area contributed by atoms with Crippen LogP contribution in [0.4, 0.5) is 5.69 Å². The van der Waals surface area contributed by atoms with Crippen LogP contribution in [-0.4, -0.2) is 51.0 Å². The number of benzene rings is 2. The van der Waals surface area contributed by atoms with Crippen LogP contribution in [0.5, 0.6) is 17.2 Å². The van der Waals surface area contributed by atoms with Crippen molar-refractivity contribution in [3.8, 4) is 17.2 Å². The second-order valence-corrected chi connectivity index (χ2v) is 8.97. The molecule has 0 bridgehead atoms. The monoisotopic (exact) mass is 434 g/mol. The molecule has 30 heavy (non-hydrogen) atoms. The Kier molecular flexibility index (Phi) is 6.84. The van der Waals surface area contributed by atoms with Gasteiger partial charge in [0.1, 0.15) is 5.75 Å². The van der Waals surface area contributed by atoms with Crippen molar-refractivity contribution in [3.63, 3.8) is 0 Å². The molecule has 0 spiro atoms. The number of rotatable bonds is 8. The first-order chi connectivity index (χ1) is 14.3. The number of sulfonamides is 1. The van der Waals surface area contributed by atoms with E-state index in [1.165, 1.54) is 22.5 Å². The van der Waals surface area contributed by atoms with E-state index in [0.29, 0.717) is 31.0 Å². The number of phenolic OH excluding ortho intramolecular Hbond substituents is 1. The minimum atomic E-state index is -3.64. The van der Waals surface area contributed by atoms with Crippen LogP contribution in [0.3, 0.4) is 0 Å². The largest absolute Gasteiger partial charge is 0.506 e. The van der Waals surface area contributed by atoms with Crippen LogP contribution >= 0.6 is 0 Å². The molecule has 1 aliphatic heterocycles. The maximum atomic E-state index is 12.7. The zero-order valence-corrected chi connectivity index (χ0v) is 17.9. The van der Waals surface area contributed by atoms with Gasteiger partial charge in [-0.2, -0.15) is 4.31 Å². The van der Waals surface area contributed by atoms with Crippen molar-refractivity contribution in [1.82, 2.24) is 4.31 Å². The smallest absolute Gasteiger partial charge is 0.243 e. The lowest BCUT2D eigenvalue weighted by Gasteiger charge is -2.16. The van der Waals surface area contributed by atoms with Crippen molar-refractivity contribution in [3.05, 3.63) is 42.0 Å². The molecule has 1 aliphatic rings. The second kappa shape index (κ2) is 9.36. The number of methoxy groups -OCH3 is 2. The van der Waals surface area contributed by atoms with Crippen LogP contribution in [0, 0.1) is 0 Å². The van der Waals surface area contributed by atoms with Gasteiger partial charge in [-0.3, -0.25) is 4.79 Å². The van der Waals surface area contributed by atoms with Crippen molar-refractivity contribution in [2.24, 2.45) is 0 Å². The molecule has 8 nitrogen and oxygen atoms in total. The number of nitrogens with one attached hydrogen (secondary N) is 1. The maximum absolute atomic E-state index is 12.7. The van der Waals surface area contributed by atoms with Gasteiger partial charge in [-0.25, -0.2) is 8.42 Å². The van der Waals surface area contributed by atoms with Gasteiger partial charge in [0.2, 0.25) is 15.9 Å². The fourth-order valence-corrected chi connectivity index (χ4v) is 4.90. The van der Waals surface area contributed by atoms with E-state index in [4.69, 9.17) is 9.47 Å². The Balaban J connectivity index is 1.68. The Hall–Kier alpha value is -2.78. The summed E-state index contributed by atoms with van der Waals surface area (Å²) in [6.07, 6.45) is 2.25. The molecule has 3 rings (SSSR count). The van der Waals surface area contributed by atoms with Crippen LogP contribution in [0.1, 0.15) is 24.8 Å². The molecule has 9 heteroatoms. The van der Waals surface area contributed by atoms with Crippen LogP contribution < -0.4 is 14.8 Å². The Morgan fingerprint density at radius 3 is 2.43 bits per heavy atom. The second-order valence-electron chi connectivity index (χ2n) is 7.03. The van der Waals surface area contributed by atoms with Gasteiger partial charge in [0.25, 0.3) is 0 Å². The minimum Gasteiger partial charge on any atom is -0.506 e. The standard InChI is InChI=1S/C21H26N2O6S/c1-28-19-9-5-15(13-20(19)29-2)6-10-21(25)22-17-14-16(7-8-18(17)24)30(26,27)23-11-3-4-12-23/h5,7-9,13-14,24H,3-4,6,10-12H2,1-2H3,(H,22,25). The highest BCUT2D eigenvalue weighted by Crippen LogP contribution is 2.30. The van der Waals surface area contributed by atoms with Crippen molar-refractivity contribution >= 4 is 21.6 Å². The molecule has 2 N–H and O–H groups in total. The molecular weight excluding hydrogens is 408 g/mol. The third-order valence-electron chi connectivity index (χ3n) is 5.03. The summed E-state index contributed by atoms with van der Waals surface area (Å²) in [6.45, 7) is 0.965. The predicted octanol–water partition coefficient (Wildman–Crippen LogP) is 2.77. The summed E-state index contributed by atoms with van der Waals surface area (Å²) in [7, 11) is -0.545. The molecule has 1 amide bonds. The van der Waals surface area contributed by atoms with E-state index in [9.17, 15) is 18.3 Å². The van der Waals surface area contributed by atoms with Crippen LogP contribution in [-0.2, 0) is 21.2 Å². The zero-order chi connectivity index (χ0) is 21.7. The number of aryl methyl sites for hydroxylation is 1. The number of phenols is 1. The number of carbonyl (C=O) groups excluding carboxylic acids is 1. The summed E-state index contributed by atoms with van der Waals surface area (Å²) < 4.78 is 37.3. The first-order valence-corrected chi connectivity index (χ1v) is 11.1. The lowest BCUT2D eigenvalue weighted by atomic mass is 10.1. The number of carbonyl (C=O) groups is 1. The Bertz CT molecular complexity index is 1020. The summed E-state index contributed by atoms with van der Waals surface area (Å²) in [5.41, 5.74) is 0.963. The van der Waals surface area contributed by atoms with Crippen molar-refractivity contribution < 1.29 is 27.8 Å². The molecule has 0 unspecified atom stereocenters. The third kappa shape index (κ3) is 4.85. The number of hydrogen-bond acceptors (Lipinski definition) is 6. The normalized spacial score (nSPS) is 14.5. The number of nitrogens with zero attached hydrogens (tertiary/aromatic N) is 1. The van der Waals surface area contributed by atoms with Gasteiger partial charge in [0.15, 0.2) is 11.5 Å². The van der Waals surface area contributed by atoms with Gasteiger partial charge >= 0.3 is 0 Å². The molecule has 2 aromatic carbocycles. The first-order valence-electron chi connectivity index (χ1n) is 9.69. The Labute approximate surface area is 176 Å². The first kappa shape index (κ1) is 21.9. The molecule has 0 atom stereocenters. The SMILES string of the molecule is COc1ccc(CCC(=O)Nc2cc(S(=O)(=O)N3CCCC3)ccc2O)cc1OC. The van der Waals surface area contributed by atoms with E-state index in [1.807, 2.05) is 6.07 Å². The number of aromatic hydroxyl groups is 1. The van der Waals surface area contributed by atoms with E-state index in [1.54, 1.807) is 26.4 Å². The third-order valence-corrected chi connectivity index (χ3v) is 6.93. The fraction of sp³-hybridized carbons (Fsp3) is 0.381. The molecule has 2 aromatic rings. The highest BCUT2D eigenvalue weighted by atomic mass is 32.2.